The van der Waals surface area contributed by atoms with Crippen molar-refractivity contribution < 1.29 is 18.7 Å². The Labute approximate surface area is 223 Å². The summed E-state index contributed by atoms with van der Waals surface area (Å²) in [5.41, 5.74) is 6.65. The highest BCUT2D eigenvalue weighted by atomic mass is 16.5. The molecule has 4 aromatic heterocycles. The first-order valence-corrected chi connectivity index (χ1v) is 12.8. The summed E-state index contributed by atoms with van der Waals surface area (Å²) in [4.78, 5) is 34.6. The van der Waals surface area contributed by atoms with Crippen molar-refractivity contribution in [2.75, 3.05) is 5.73 Å². The minimum absolute atomic E-state index is 0.0637. The number of aromatic nitrogens is 6. The number of anilines is 1. The zero-order valence-electron chi connectivity index (χ0n) is 21.6. The molecule has 1 saturated carbocycles. The van der Waals surface area contributed by atoms with Crippen LogP contribution >= 0.6 is 0 Å². The first kappa shape index (κ1) is 24.6. The molecular formula is C27H28N8O4. The molecule has 3 N–H and O–H groups in total. The summed E-state index contributed by atoms with van der Waals surface area (Å²) in [6, 6.07) is 12.9. The minimum atomic E-state index is -1.25. The number of benzene rings is 1. The molecule has 4 heterocycles. The summed E-state index contributed by atoms with van der Waals surface area (Å²) >= 11 is 0. The molecule has 1 aromatic carbocycles. The van der Waals surface area contributed by atoms with Crippen molar-refractivity contribution >= 4 is 34.5 Å². The van der Waals surface area contributed by atoms with E-state index in [-0.39, 0.29) is 30.0 Å². The number of carbonyl (C=O) groups excluding carboxylic acids is 2. The van der Waals surface area contributed by atoms with Gasteiger partial charge in [-0.25, -0.2) is 9.67 Å². The van der Waals surface area contributed by atoms with Crippen molar-refractivity contribution in [2.24, 2.45) is 0 Å². The average Bonchev–Trinajstić information content (AvgIpc) is 3.69. The molecule has 1 aliphatic rings. The SMILES string of the molecule is CC(=O)OC1CCC(NC(=O)[C@@](C)(c2ccccc2)n2ncc3c2nc(N)n2nc(-c4ccco4)nc32)CC1. The fourth-order valence-corrected chi connectivity index (χ4v) is 5.24. The maximum absolute atomic E-state index is 14.1. The number of amides is 1. The Morgan fingerprint density at radius 1 is 1.08 bits per heavy atom. The van der Waals surface area contributed by atoms with Crippen LogP contribution in [-0.2, 0) is 19.9 Å². The van der Waals surface area contributed by atoms with Crippen molar-refractivity contribution in [1.82, 2.24) is 34.7 Å². The fourth-order valence-electron chi connectivity index (χ4n) is 5.24. The molecule has 1 atom stereocenters. The number of hydrogen-bond acceptors (Lipinski definition) is 9. The molecule has 5 aromatic rings. The van der Waals surface area contributed by atoms with Gasteiger partial charge in [-0.1, -0.05) is 30.3 Å². The number of nitrogens with two attached hydrogens (primary N) is 1. The summed E-state index contributed by atoms with van der Waals surface area (Å²) in [5.74, 6) is 0.448. The Hall–Kier alpha value is -4.74. The highest BCUT2D eigenvalue weighted by Crippen LogP contribution is 2.32. The van der Waals surface area contributed by atoms with Crippen LogP contribution in [0.4, 0.5) is 5.95 Å². The van der Waals surface area contributed by atoms with Gasteiger partial charge in [0.25, 0.3) is 5.91 Å². The van der Waals surface area contributed by atoms with E-state index >= 15 is 0 Å². The third-order valence-corrected chi connectivity index (χ3v) is 7.31. The van der Waals surface area contributed by atoms with E-state index in [0.29, 0.717) is 53.9 Å². The predicted molar refractivity (Wildman–Crippen MR) is 141 cm³/mol. The van der Waals surface area contributed by atoms with Gasteiger partial charge in [0.05, 0.1) is 17.8 Å². The lowest BCUT2D eigenvalue weighted by Gasteiger charge is -2.34. The quantitative estimate of drug-likeness (QED) is 0.316. The van der Waals surface area contributed by atoms with Crippen molar-refractivity contribution in [3.05, 3.63) is 60.5 Å². The second kappa shape index (κ2) is 9.53. The van der Waals surface area contributed by atoms with Gasteiger partial charge in [-0.15, -0.1) is 5.10 Å². The summed E-state index contributed by atoms with van der Waals surface area (Å²) in [6.45, 7) is 3.23. The number of hydrogen-bond donors (Lipinski definition) is 2. The normalized spacial score (nSPS) is 19.1. The lowest BCUT2D eigenvalue weighted by Crippen LogP contribution is -2.52. The van der Waals surface area contributed by atoms with E-state index in [0.717, 1.165) is 5.56 Å². The Bertz CT molecular complexity index is 1650. The zero-order valence-corrected chi connectivity index (χ0v) is 21.6. The van der Waals surface area contributed by atoms with E-state index in [1.807, 2.05) is 37.3 Å². The summed E-state index contributed by atoms with van der Waals surface area (Å²) in [5, 5.41) is 12.9. The third-order valence-electron chi connectivity index (χ3n) is 7.31. The smallest absolute Gasteiger partial charge is 0.302 e. The number of ether oxygens (including phenoxy) is 1. The Balaban J connectivity index is 1.39. The monoisotopic (exact) mass is 528 g/mol. The maximum atomic E-state index is 14.1. The van der Waals surface area contributed by atoms with Crippen molar-refractivity contribution in [1.29, 1.82) is 0 Å². The van der Waals surface area contributed by atoms with Crippen LogP contribution in [0.1, 0.15) is 45.1 Å². The molecule has 200 valence electrons. The molecule has 0 unspecified atom stereocenters. The molecule has 6 rings (SSSR count). The van der Waals surface area contributed by atoms with Crippen molar-refractivity contribution in [2.45, 2.75) is 57.2 Å². The molecule has 1 aliphatic carbocycles. The number of furan rings is 1. The fraction of sp³-hybridized carbons (Fsp3) is 0.333. The van der Waals surface area contributed by atoms with E-state index < -0.39 is 5.54 Å². The van der Waals surface area contributed by atoms with Crippen LogP contribution in [0.3, 0.4) is 0 Å². The van der Waals surface area contributed by atoms with Crippen LogP contribution in [0, 0.1) is 0 Å². The molecule has 0 bridgehead atoms. The van der Waals surface area contributed by atoms with Crippen LogP contribution in [-0.4, -0.2) is 53.4 Å². The lowest BCUT2D eigenvalue weighted by molar-refractivity contribution is -0.148. The number of fused-ring (bicyclic) bond motifs is 3. The Morgan fingerprint density at radius 2 is 1.85 bits per heavy atom. The van der Waals surface area contributed by atoms with Gasteiger partial charge in [0.15, 0.2) is 22.6 Å². The highest BCUT2D eigenvalue weighted by molar-refractivity contribution is 5.94. The molecule has 1 amide bonds. The van der Waals surface area contributed by atoms with Crippen molar-refractivity contribution in [3.8, 4) is 11.6 Å². The average molecular weight is 529 g/mol. The molecule has 0 aliphatic heterocycles. The molecule has 1 fully saturated rings. The maximum Gasteiger partial charge on any atom is 0.302 e. The van der Waals surface area contributed by atoms with Gasteiger partial charge in [0, 0.05) is 13.0 Å². The number of rotatable bonds is 6. The number of nitrogens with one attached hydrogen (secondary N) is 1. The molecule has 0 radical (unpaired) electrons. The van der Waals surface area contributed by atoms with Crippen LogP contribution in [0.2, 0.25) is 0 Å². The standard InChI is InChI=1S/C27H28N8O4/c1-16(36)39-19-12-10-18(11-13-19)30-25(37)27(2,17-7-4-3-5-8-17)35-24-20(15-29-35)23-31-22(21-9-6-14-38-21)33-34(23)26(28)32-24/h3-9,14-15,18-19H,10-13H2,1-2H3,(H2,28,32)(H,30,37)/t18?,19?,27-/m1/s1. The second-order valence-corrected chi connectivity index (χ2v) is 9.91. The topological polar surface area (TPSA) is 155 Å². The predicted octanol–water partition coefficient (Wildman–Crippen LogP) is 3.07. The third kappa shape index (κ3) is 4.27. The van der Waals surface area contributed by atoms with Gasteiger partial charge in [-0.05, 0) is 50.3 Å². The van der Waals surface area contributed by atoms with Gasteiger partial charge >= 0.3 is 5.97 Å². The van der Waals surface area contributed by atoms with E-state index in [4.69, 9.17) is 14.9 Å². The van der Waals surface area contributed by atoms with Gasteiger partial charge in [-0.3, -0.25) is 9.59 Å². The van der Waals surface area contributed by atoms with Gasteiger partial charge in [0.2, 0.25) is 11.8 Å². The summed E-state index contributed by atoms with van der Waals surface area (Å²) in [6.07, 6.45) is 5.84. The second-order valence-electron chi connectivity index (χ2n) is 9.91. The number of esters is 1. The molecule has 12 nitrogen and oxygen atoms in total. The van der Waals surface area contributed by atoms with Gasteiger partial charge in [-0.2, -0.15) is 14.6 Å². The minimum Gasteiger partial charge on any atom is -0.463 e. The van der Waals surface area contributed by atoms with Crippen LogP contribution < -0.4 is 11.1 Å². The Kier molecular flexibility index (Phi) is 6.01. The first-order valence-electron chi connectivity index (χ1n) is 12.8. The summed E-state index contributed by atoms with van der Waals surface area (Å²) in [7, 11) is 0. The first-order chi connectivity index (χ1) is 18.8. The zero-order chi connectivity index (χ0) is 27.1. The van der Waals surface area contributed by atoms with E-state index in [9.17, 15) is 9.59 Å². The Morgan fingerprint density at radius 3 is 2.54 bits per heavy atom. The molecule has 12 heteroatoms. The van der Waals surface area contributed by atoms with Gasteiger partial charge < -0.3 is 20.2 Å². The number of carbonyl (C=O) groups is 2. The van der Waals surface area contributed by atoms with Gasteiger partial charge in [0.1, 0.15) is 6.10 Å². The van der Waals surface area contributed by atoms with Crippen LogP contribution in [0.5, 0.6) is 0 Å². The van der Waals surface area contributed by atoms with Crippen LogP contribution in [0.25, 0.3) is 28.3 Å². The van der Waals surface area contributed by atoms with E-state index in [1.165, 1.54) is 11.4 Å². The molecule has 0 saturated heterocycles. The molecule has 0 spiro atoms. The van der Waals surface area contributed by atoms with E-state index in [1.54, 1.807) is 29.3 Å². The number of nitrogens with zero attached hydrogens (tertiary/aromatic N) is 6. The molecular weight excluding hydrogens is 500 g/mol. The van der Waals surface area contributed by atoms with Crippen LogP contribution in [0.15, 0.2) is 59.3 Å². The lowest BCUT2D eigenvalue weighted by atomic mass is 9.88. The summed E-state index contributed by atoms with van der Waals surface area (Å²) < 4.78 is 13.8. The highest BCUT2D eigenvalue weighted by Gasteiger charge is 2.41. The largest absolute Gasteiger partial charge is 0.463 e. The molecule has 39 heavy (non-hydrogen) atoms. The number of nitrogen functional groups attached to an aromatic ring is 1. The van der Waals surface area contributed by atoms with Crippen molar-refractivity contribution in [3.63, 3.8) is 0 Å². The van der Waals surface area contributed by atoms with E-state index in [2.05, 4.69) is 25.5 Å².